The number of halogens is 3. The van der Waals surface area contributed by atoms with Gasteiger partial charge in [0.1, 0.15) is 17.7 Å². The van der Waals surface area contributed by atoms with Crippen LogP contribution in [0.5, 0.6) is 5.75 Å². The number of carbonyl (C=O) groups is 2. The van der Waals surface area contributed by atoms with Crippen LogP contribution < -0.4 is 4.74 Å². The predicted octanol–water partition coefficient (Wildman–Crippen LogP) is 2.71. The Morgan fingerprint density at radius 2 is 1.75 bits per heavy atom. The molecule has 0 bridgehead atoms. The van der Waals surface area contributed by atoms with Crippen molar-refractivity contribution >= 4 is 56.5 Å². The third kappa shape index (κ3) is 5.80. The number of aliphatic hydroxyl groups excluding tert-OH is 1. The Labute approximate surface area is 202 Å². The van der Waals surface area contributed by atoms with E-state index in [0.717, 1.165) is 0 Å². The molecule has 1 N–H and O–H groups in total. The number of methoxy groups -OCH3 is 1. The number of ether oxygens (including phenoxy) is 2. The highest BCUT2D eigenvalue weighted by molar-refractivity contribution is 7.93. The topological polar surface area (TPSA) is 110 Å². The molecular weight excluding hydrogens is 505 g/mol. The average molecular weight is 531 g/mol. The third-order valence-corrected chi connectivity index (χ3v) is 8.40. The Morgan fingerprint density at radius 1 is 1.19 bits per heavy atom. The number of amides is 1. The summed E-state index contributed by atoms with van der Waals surface area (Å²) < 4.78 is 33.6. The summed E-state index contributed by atoms with van der Waals surface area (Å²) in [5.74, 6) is -3.76. The number of esters is 1. The predicted molar refractivity (Wildman–Crippen MR) is 121 cm³/mol. The average Bonchev–Trinajstić information content (AvgIpc) is 2.69. The van der Waals surface area contributed by atoms with Crippen LogP contribution >= 0.6 is 34.8 Å². The number of benzene rings is 1. The van der Waals surface area contributed by atoms with Crippen LogP contribution in [0.1, 0.15) is 26.3 Å². The van der Waals surface area contributed by atoms with E-state index in [1.54, 1.807) is 24.3 Å². The first-order valence-corrected chi connectivity index (χ1v) is 12.3. The van der Waals surface area contributed by atoms with E-state index >= 15 is 0 Å². The molecule has 2 rings (SSSR count). The van der Waals surface area contributed by atoms with Crippen molar-refractivity contribution in [2.24, 2.45) is 11.8 Å². The highest BCUT2D eigenvalue weighted by Gasteiger charge is 2.61. The Kier molecular flexibility index (Phi) is 8.37. The second-order valence-corrected chi connectivity index (χ2v) is 13.7. The zero-order valence-corrected chi connectivity index (χ0v) is 21.1. The number of sulfone groups is 1. The van der Waals surface area contributed by atoms with Gasteiger partial charge in [0.15, 0.2) is 9.84 Å². The lowest BCUT2D eigenvalue weighted by Gasteiger charge is -2.50. The normalized spacial score (nSPS) is 20.5. The highest BCUT2D eigenvalue weighted by atomic mass is 35.6. The van der Waals surface area contributed by atoms with Gasteiger partial charge in [-0.1, -0.05) is 46.9 Å². The van der Waals surface area contributed by atoms with Crippen LogP contribution in [0, 0.1) is 11.8 Å². The summed E-state index contributed by atoms with van der Waals surface area (Å²) in [5.41, 5.74) is 0.672. The smallest absolute Gasteiger partial charge is 0.312 e. The van der Waals surface area contributed by atoms with Gasteiger partial charge in [-0.05, 0) is 38.5 Å². The maximum absolute atomic E-state index is 13.3. The Balaban J connectivity index is 2.36. The first kappa shape index (κ1) is 27.0. The standard InChI is InChI=1S/C20H26Cl3NO7S/c1-19(2,3)32(28,29)17-15(14(10-25)18(27)31-11-20(21,22)23)16(26)24(17)9-12-5-7-13(30-4)8-6-12/h5-8,14-15,17,25H,9-11H2,1-4H3/t14-,15?,17?/m0/s1. The van der Waals surface area contributed by atoms with Crippen molar-refractivity contribution in [1.82, 2.24) is 4.90 Å². The fourth-order valence-corrected chi connectivity index (χ4v) is 5.43. The number of aliphatic hydroxyl groups is 1. The summed E-state index contributed by atoms with van der Waals surface area (Å²) in [6, 6.07) is 6.79. The van der Waals surface area contributed by atoms with Crippen LogP contribution in [0.25, 0.3) is 0 Å². The molecule has 2 unspecified atom stereocenters. The molecule has 0 spiro atoms. The maximum atomic E-state index is 13.3. The number of β-lactam (4-membered cyclic amide) rings is 1. The summed E-state index contributed by atoms with van der Waals surface area (Å²) in [7, 11) is -2.44. The van der Waals surface area contributed by atoms with Crippen molar-refractivity contribution in [2.45, 2.75) is 41.2 Å². The van der Waals surface area contributed by atoms with Crippen molar-refractivity contribution in [3.63, 3.8) is 0 Å². The SMILES string of the molecule is COc1ccc(CN2C(=O)C([C@H](CO)C(=O)OCC(Cl)(Cl)Cl)C2S(=O)(=O)C(C)(C)C)cc1. The second kappa shape index (κ2) is 9.93. The minimum atomic E-state index is -3.95. The first-order valence-electron chi connectivity index (χ1n) is 9.65. The van der Waals surface area contributed by atoms with Gasteiger partial charge in [-0.3, -0.25) is 9.59 Å². The number of likely N-dealkylation sites (tertiary alicyclic amines) is 1. The summed E-state index contributed by atoms with van der Waals surface area (Å²) in [6.45, 7) is 3.09. The molecule has 0 aromatic heterocycles. The summed E-state index contributed by atoms with van der Waals surface area (Å²) in [5, 5.41) is 8.48. The van der Waals surface area contributed by atoms with Crippen molar-refractivity contribution in [3.05, 3.63) is 29.8 Å². The molecule has 1 fully saturated rings. The molecule has 180 valence electrons. The first-order chi connectivity index (χ1) is 14.6. The minimum Gasteiger partial charge on any atom is -0.497 e. The molecular formula is C20H26Cl3NO7S. The van der Waals surface area contributed by atoms with Crippen LogP contribution in [-0.2, 0) is 30.7 Å². The van der Waals surface area contributed by atoms with Crippen LogP contribution in [0.2, 0.25) is 0 Å². The molecule has 12 heteroatoms. The molecule has 1 aromatic carbocycles. The molecule has 1 aliphatic rings. The van der Waals surface area contributed by atoms with Crippen LogP contribution in [0.15, 0.2) is 24.3 Å². The number of hydrogen-bond acceptors (Lipinski definition) is 7. The molecule has 8 nitrogen and oxygen atoms in total. The highest BCUT2D eigenvalue weighted by Crippen LogP contribution is 2.42. The summed E-state index contributed by atoms with van der Waals surface area (Å²) in [4.78, 5) is 26.7. The van der Waals surface area contributed by atoms with Gasteiger partial charge >= 0.3 is 5.97 Å². The molecule has 1 aromatic rings. The van der Waals surface area contributed by atoms with E-state index in [4.69, 9.17) is 44.3 Å². The lowest BCUT2D eigenvalue weighted by Crippen LogP contribution is -2.69. The van der Waals surface area contributed by atoms with E-state index in [0.29, 0.717) is 11.3 Å². The van der Waals surface area contributed by atoms with E-state index in [-0.39, 0.29) is 6.54 Å². The Morgan fingerprint density at radius 3 is 2.19 bits per heavy atom. The van der Waals surface area contributed by atoms with E-state index < -0.39 is 60.7 Å². The number of carbonyl (C=O) groups excluding carboxylic acids is 2. The molecule has 32 heavy (non-hydrogen) atoms. The fourth-order valence-electron chi connectivity index (χ4n) is 3.33. The Hall–Kier alpha value is -1.26. The van der Waals surface area contributed by atoms with E-state index in [1.165, 1.54) is 32.8 Å². The van der Waals surface area contributed by atoms with Crippen molar-refractivity contribution < 1.29 is 32.6 Å². The molecule has 0 aliphatic carbocycles. The monoisotopic (exact) mass is 529 g/mol. The van der Waals surface area contributed by atoms with Crippen molar-refractivity contribution in [2.75, 3.05) is 20.3 Å². The van der Waals surface area contributed by atoms with Gasteiger partial charge in [-0.25, -0.2) is 8.42 Å². The number of hydrogen-bond donors (Lipinski definition) is 1. The largest absolute Gasteiger partial charge is 0.497 e. The lowest BCUT2D eigenvalue weighted by molar-refractivity contribution is -0.168. The van der Waals surface area contributed by atoms with Gasteiger partial charge in [0, 0.05) is 6.54 Å². The van der Waals surface area contributed by atoms with E-state index in [1.807, 2.05) is 0 Å². The van der Waals surface area contributed by atoms with Gasteiger partial charge in [-0.2, -0.15) is 0 Å². The van der Waals surface area contributed by atoms with Gasteiger partial charge < -0.3 is 19.5 Å². The minimum absolute atomic E-state index is 0.000646. The fraction of sp³-hybridized carbons (Fsp3) is 0.600. The Bertz CT molecular complexity index is 939. The summed E-state index contributed by atoms with van der Waals surface area (Å²) >= 11 is 16.8. The van der Waals surface area contributed by atoms with Gasteiger partial charge in [0.05, 0.1) is 30.3 Å². The van der Waals surface area contributed by atoms with Gasteiger partial charge in [0.2, 0.25) is 9.70 Å². The van der Waals surface area contributed by atoms with Crippen molar-refractivity contribution in [1.29, 1.82) is 0 Å². The number of nitrogens with zero attached hydrogens (tertiary/aromatic N) is 1. The molecule has 0 radical (unpaired) electrons. The molecule has 1 heterocycles. The molecule has 1 saturated heterocycles. The number of rotatable bonds is 8. The lowest BCUT2D eigenvalue weighted by atomic mass is 9.84. The molecule has 3 atom stereocenters. The van der Waals surface area contributed by atoms with Gasteiger partial charge in [0.25, 0.3) is 0 Å². The van der Waals surface area contributed by atoms with Crippen LogP contribution in [0.4, 0.5) is 0 Å². The molecule has 0 saturated carbocycles. The zero-order valence-electron chi connectivity index (χ0n) is 18.0. The third-order valence-electron chi connectivity index (χ3n) is 5.18. The quantitative estimate of drug-likeness (QED) is 0.313. The second-order valence-electron chi connectivity index (χ2n) is 8.40. The van der Waals surface area contributed by atoms with Gasteiger partial charge in [-0.15, -0.1) is 0 Å². The molecule has 1 amide bonds. The maximum Gasteiger partial charge on any atom is 0.312 e. The van der Waals surface area contributed by atoms with Crippen molar-refractivity contribution in [3.8, 4) is 5.75 Å². The number of alkyl halides is 3. The zero-order chi connectivity index (χ0) is 24.5. The van der Waals surface area contributed by atoms with Crippen LogP contribution in [-0.4, -0.2) is 64.5 Å². The summed E-state index contributed by atoms with van der Waals surface area (Å²) in [6.07, 6.45) is 0. The van der Waals surface area contributed by atoms with E-state index in [2.05, 4.69) is 0 Å². The molecule has 1 aliphatic heterocycles. The van der Waals surface area contributed by atoms with Crippen LogP contribution in [0.3, 0.4) is 0 Å². The van der Waals surface area contributed by atoms with E-state index in [9.17, 15) is 23.1 Å².